The molecule has 0 N–H and O–H groups in total. The molecule has 0 fully saturated rings. The van der Waals surface area contributed by atoms with Gasteiger partial charge in [0.05, 0.1) is 22.3 Å². The second kappa shape index (κ2) is 6.38. The van der Waals surface area contributed by atoms with Crippen molar-refractivity contribution >= 4 is 28.4 Å². The van der Waals surface area contributed by atoms with Crippen molar-refractivity contribution in [2.24, 2.45) is 0 Å². The van der Waals surface area contributed by atoms with Gasteiger partial charge in [0.25, 0.3) is 5.56 Å². The molecule has 0 aliphatic carbocycles. The predicted molar refractivity (Wildman–Crippen MR) is 93.5 cm³/mol. The first-order chi connectivity index (χ1) is 11.1. The monoisotopic (exact) mass is 324 g/mol. The summed E-state index contributed by atoms with van der Waals surface area (Å²) in [6.07, 6.45) is 0. The van der Waals surface area contributed by atoms with E-state index in [4.69, 9.17) is 0 Å². The second-order valence-electron chi connectivity index (χ2n) is 5.38. The molecule has 5 heteroatoms. The van der Waals surface area contributed by atoms with Gasteiger partial charge in [-0.2, -0.15) is 0 Å². The summed E-state index contributed by atoms with van der Waals surface area (Å²) in [5.74, 6) is 0.338. The molecule has 0 unspecified atom stereocenters. The number of fused-ring (bicyclic) bond motifs is 1. The minimum Gasteiger partial charge on any atom is -0.299 e. The number of carbonyl (C=O) groups excluding carboxylic acids is 1. The van der Waals surface area contributed by atoms with E-state index in [0.717, 1.165) is 11.3 Å². The number of ketones is 1. The van der Waals surface area contributed by atoms with Gasteiger partial charge in [0.15, 0.2) is 5.16 Å². The molecule has 0 amide bonds. The zero-order valence-corrected chi connectivity index (χ0v) is 13.8. The Labute approximate surface area is 138 Å². The van der Waals surface area contributed by atoms with E-state index < -0.39 is 0 Å². The third-order valence-electron chi connectivity index (χ3n) is 3.41. The highest BCUT2D eigenvalue weighted by atomic mass is 32.2. The molecule has 0 saturated carbocycles. The Bertz CT molecular complexity index is 947. The highest BCUT2D eigenvalue weighted by Gasteiger charge is 2.13. The van der Waals surface area contributed by atoms with Crippen LogP contribution < -0.4 is 5.56 Å². The lowest BCUT2D eigenvalue weighted by atomic mass is 10.2. The van der Waals surface area contributed by atoms with Crippen LogP contribution in [0.3, 0.4) is 0 Å². The maximum Gasteiger partial charge on any atom is 0.266 e. The van der Waals surface area contributed by atoms with Crippen molar-refractivity contribution in [1.29, 1.82) is 0 Å². The molecule has 4 nitrogen and oxygen atoms in total. The summed E-state index contributed by atoms with van der Waals surface area (Å²) >= 11 is 1.29. The van der Waals surface area contributed by atoms with Gasteiger partial charge in [-0.05, 0) is 43.7 Å². The lowest BCUT2D eigenvalue weighted by Crippen LogP contribution is -2.22. The lowest BCUT2D eigenvalue weighted by Gasteiger charge is -2.13. The molecule has 3 aromatic rings. The molecule has 0 aliphatic heterocycles. The van der Waals surface area contributed by atoms with Crippen molar-refractivity contribution in [2.45, 2.75) is 19.0 Å². The van der Waals surface area contributed by atoms with E-state index in [1.165, 1.54) is 18.7 Å². The summed E-state index contributed by atoms with van der Waals surface area (Å²) in [6.45, 7) is 3.51. The van der Waals surface area contributed by atoms with Gasteiger partial charge in [0.1, 0.15) is 5.78 Å². The molecule has 3 rings (SSSR count). The van der Waals surface area contributed by atoms with E-state index in [2.05, 4.69) is 4.98 Å². The fraction of sp³-hybridized carbons (Fsp3) is 0.167. The van der Waals surface area contributed by atoms with Crippen LogP contribution in [-0.2, 0) is 4.79 Å². The number of aromatic nitrogens is 2. The number of thioether (sulfide) groups is 1. The molecular formula is C18H16N2O2S. The largest absolute Gasteiger partial charge is 0.299 e. The minimum atomic E-state index is -0.118. The standard InChI is InChI=1S/C18H16N2O2S/c1-12-6-5-7-14(10-12)20-17(22)15-8-3-4-9-16(15)19-18(20)23-11-13(2)21/h3-10H,11H2,1-2H3. The number of aryl methyl sites for hydroxylation is 1. The first-order valence-corrected chi connectivity index (χ1v) is 8.26. The molecule has 116 valence electrons. The summed E-state index contributed by atoms with van der Waals surface area (Å²) in [6, 6.07) is 15.0. The van der Waals surface area contributed by atoms with E-state index in [9.17, 15) is 9.59 Å². The number of carbonyl (C=O) groups is 1. The molecule has 0 bridgehead atoms. The molecule has 0 spiro atoms. The van der Waals surface area contributed by atoms with Crippen LogP contribution >= 0.6 is 11.8 Å². The Morgan fingerprint density at radius 2 is 1.96 bits per heavy atom. The summed E-state index contributed by atoms with van der Waals surface area (Å²) in [5, 5.41) is 1.11. The number of hydrogen-bond donors (Lipinski definition) is 0. The Kier molecular flexibility index (Phi) is 4.30. The van der Waals surface area contributed by atoms with Gasteiger partial charge in [-0.1, -0.05) is 36.0 Å². The maximum absolute atomic E-state index is 12.9. The van der Waals surface area contributed by atoms with Gasteiger partial charge in [-0.15, -0.1) is 0 Å². The van der Waals surface area contributed by atoms with Crippen molar-refractivity contribution in [3.8, 4) is 5.69 Å². The van der Waals surface area contributed by atoms with Crippen molar-refractivity contribution < 1.29 is 4.79 Å². The molecule has 0 saturated heterocycles. The first kappa shape index (κ1) is 15.5. The average Bonchev–Trinajstić information content (AvgIpc) is 2.53. The highest BCUT2D eigenvalue weighted by molar-refractivity contribution is 7.99. The van der Waals surface area contributed by atoms with Crippen molar-refractivity contribution in [3.05, 3.63) is 64.4 Å². The lowest BCUT2D eigenvalue weighted by molar-refractivity contribution is -0.114. The van der Waals surface area contributed by atoms with E-state index in [1.54, 1.807) is 10.6 Å². The average molecular weight is 324 g/mol. The molecule has 0 aliphatic rings. The van der Waals surface area contributed by atoms with Crippen LogP contribution in [0.1, 0.15) is 12.5 Å². The van der Waals surface area contributed by atoms with Gasteiger partial charge in [-0.25, -0.2) is 4.98 Å². The Hall–Kier alpha value is -2.40. The SMILES string of the molecule is CC(=O)CSc1nc2ccccc2c(=O)n1-c1cccc(C)c1. The van der Waals surface area contributed by atoms with Crippen LogP contribution in [0, 0.1) is 6.92 Å². The van der Waals surface area contributed by atoms with E-state index in [-0.39, 0.29) is 17.1 Å². The maximum atomic E-state index is 12.9. The van der Waals surface area contributed by atoms with Crippen LogP contribution in [0.5, 0.6) is 0 Å². The Balaban J connectivity index is 2.27. The molecular weight excluding hydrogens is 308 g/mol. The molecule has 0 atom stereocenters. The van der Waals surface area contributed by atoms with E-state index in [1.807, 2.05) is 49.4 Å². The zero-order chi connectivity index (χ0) is 16.4. The minimum absolute atomic E-state index is 0.0493. The first-order valence-electron chi connectivity index (χ1n) is 7.27. The van der Waals surface area contributed by atoms with Crippen molar-refractivity contribution in [1.82, 2.24) is 9.55 Å². The summed E-state index contributed by atoms with van der Waals surface area (Å²) in [7, 11) is 0. The Morgan fingerprint density at radius 1 is 1.17 bits per heavy atom. The third kappa shape index (κ3) is 3.19. The number of para-hydroxylation sites is 1. The molecule has 1 heterocycles. The molecule has 2 aromatic carbocycles. The summed E-state index contributed by atoms with van der Waals surface area (Å²) in [5.41, 5.74) is 2.35. The third-order valence-corrected chi connectivity index (χ3v) is 4.49. The molecule has 1 aromatic heterocycles. The number of rotatable bonds is 4. The predicted octanol–water partition coefficient (Wildman–Crippen LogP) is 3.38. The van der Waals surface area contributed by atoms with Crippen LogP contribution in [0.2, 0.25) is 0 Å². The number of benzene rings is 2. The van der Waals surface area contributed by atoms with Gasteiger partial charge in [0, 0.05) is 0 Å². The van der Waals surface area contributed by atoms with E-state index in [0.29, 0.717) is 16.1 Å². The normalized spacial score (nSPS) is 10.9. The van der Waals surface area contributed by atoms with Gasteiger partial charge >= 0.3 is 0 Å². The van der Waals surface area contributed by atoms with Gasteiger partial charge in [-0.3, -0.25) is 14.2 Å². The Morgan fingerprint density at radius 3 is 2.70 bits per heavy atom. The quantitative estimate of drug-likeness (QED) is 0.545. The van der Waals surface area contributed by atoms with Gasteiger partial charge < -0.3 is 0 Å². The fourth-order valence-corrected chi connectivity index (χ4v) is 3.18. The van der Waals surface area contributed by atoms with Crippen LogP contribution in [-0.4, -0.2) is 21.1 Å². The number of nitrogens with zero attached hydrogens (tertiary/aromatic N) is 2. The fourth-order valence-electron chi connectivity index (χ4n) is 2.37. The number of hydrogen-bond acceptors (Lipinski definition) is 4. The summed E-state index contributed by atoms with van der Waals surface area (Å²) in [4.78, 5) is 28.8. The van der Waals surface area contributed by atoms with Crippen LogP contribution in [0.15, 0.2) is 58.5 Å². The number of Topliss-reactive ketones (excluding diaryl/α,β-unsaturated/α-hetero) is 1. The van der Waals surface area contributed by atoms with Crippen LogP contribution in [0.25, 0.3) is 16.6 Å². The highest BCUT2D eigenvalue weighted by Crippen LogP contribution is 2.21. The van der Waals surface area contributed by atoms with Crippen molar-refractivity contribution in [2.75, 3.05) is 5.75 Å². The van der Waals surface area contributed by atoms with E-state index >= 15 is 0 Å². The zero-order valence-electron chi connectivity index (χ0n) is 12.9. The second-order valence-corrected chi connectivity index (χ2v) is 6.32. The van der Waals surface area contributed by atoms with Crippen molar-refractivity contribution in [3.63, 3.8) is 0 Å². The molecule has 23 heavy (non-hydrogen) atoms. The topological polar surface area (TPSA) is 52.0 Å². The molecule has 0 radical (unpaired) electrons. The van der Waals surface area contributed by atoms with Crippen LogP contribution in [0.4, 0.5) is 0 Å². The smallest absolute Gasteiger partial charge is 0.266 e. The van der Waals surface area contributed by atoms with Gasteiger partial charge in [0.2, 0.25) is 0 Å². The summed E-state index contributed by atoms with van der Waals surface area (Å²) < 4.78 is 1.59.